The van der Waals surface area contributed by atoms with E-state index in [1.807, 2.05) is 12.1 Å². The molecule has 6 nitrogen and oxygen atoms in total. The lowest BCUT2D eigenvalue weighted by Crippen LogP contribution is -2.38. The van der Waals surface area contributed by atoms with Gasteiger partial charge in [-0.1, -0.05) is 25.5 Å². The van der Waals surface area contributed by atoms with Gasteiger partial charge in [0.15, 0.2) is 5.96 Å². The van der Waals surface area contributed by atoms with Crippen molar-refractivity contribution in [2.45, 2.75) is 38.6 Å². The van der Waals surface area contributed by atoms with E-state index in [4.69, 9.17) is 5.73 Å². The maximum Gasteiger partial charge on any atom is 0.208 e. The quantitative estimate of drug-likeness (QED) is 0.543. The Kier molecular flexibility index (Phi) is 6.01. The Morgan fingerprint density at radius 1 is 1.30 bits per heavy atom. The van der Waals surface area contributed by atoms with E-state index in [-0.39, 0.29) is 12.0 Å². The highest BCUT2D eigenvalue weighted by Crippen LogP contribution is 2.26. The van der Waals surface area contributed by atoms with Gasteiger partial charge in [-0.3, -0.25) is 4.99 Å². The zero-order valence-corrected chi connectivity index (χ0v) is 14.6. The third kappa shape index (κ3) is 5.84. The summed E-state index contributed by atoms with van der Waals surface area (Å²) in [6, 6.07) is 8.03. The minimum absolute atomic E-state index is 0.0367. The van der Waals surface area contributed by atoms with Gasteiger partial charge in [-0.05, 0) is 42.9 Å². The van der Waals surface area contributed by atoms with Crippen LogP contribution in [0.3, 0.4) is 0 Å². The smallest absolute Gasteiger partial charge is 0.208 e. The summed E-state index contributed by atoms with van der Waals surface area (Å²) in [5.41, 5.74) is 8.10. The van der Waals surface area contributed by atoms with Crippen molar-refractivity contribution in [1.82, 2.24) is 4.72 Å². The van der Waals surface area contributed by atoms with Crippen molar-refractivity contribution >= 4 is 21.7 Å². The molecule has 7 heteroatoms. The van der Waals surface area contributed by atoms with Gasteiger partial charge in [-0.25, -0.2) is 13.1 Å². The van der Waals surface area contributed by atoms with Gasteiger partial charge in [0.1, 0.15) is 0 Å². The molecule has 2 atom stereocenters. The normalized spacial score (nSPS) is 22.3. The van der Waals surface area contributed by atoms with Crippen LogP contribution in [0.5, 0.6) is 0 Å². The van der Waals surface area contributed by atoms with Crippen LogP contribution in [-0.4, -0.2) is 33.2 Å². The zero-order chi connectivity index (χ0) is 16.9. The fraction of sp³-hybridized carbons (Fsp3) is 0.562. The Morgan fingerprint density at radius 3 is 2.61 bits per heavy atom. The summed E-state index contributed by atoms with van der Waals surface area (Å²) in [4.78, 5) is 4.37. The Labute approximate surface area is 138 Å². The van der Waals surface area contributed by atoms with Crippen LogP contribution in [0.2, 0.25) is 0 Å². The van der Waals surface area contributed by atoms with Gasteiger partial charge in [0.25, 0.3) is 0 Å². The number of hydrogen-bond donors (Lipinski definition) is 3. The van der Waals surface area contributed by atoms with Crippen molar-refractivity contribution in [3.8, 4) is 0 Å². The first kappa shape index (κ1) is 17.7. The van der Waals surface area contributed by atoms with Crippen LogP contribution in [0.1, 0.15) is 31.7 Å². The number of hydrogen-bond acceptors (Lipinski definition) is 3. The van der Waals surface area contributed by atoms with Crippen molar-refractivity contribution in [2.75, 3.05) is 18.1 Å². The second kappa shape index (κ2) is 7.79. The average Bonchev–Trinajstić information content (AvgIpc) is 2.91. The molecule has 1 aromatic rings. The number of nitrogens with zero attached hydrogens (tertiary/aromatic N) is 1. The molecule has 1 aliphatic carbocycles. The Bertz CT molecular complexity index is 641. The molecule has 1 fully saturated rings. The third-order valence-corrected chi connectivity index (χ3v) is 4.89. The van der Waals surface area contributed by atoms with E-state index in [2.05, 4.69) is 34.1 Å². The molecule has 2 rings (SSSR count). The third-order valence-electron chi connectivity index (χ3n) is 4.16. The SMILES string of the molecule is CCc1ccc(NC(N)=NCC2CCCC2NS(C)(=O)=O)cc1. The summed E-state index contributed by atoms with van der Waals surface area (Å²) in [5.74, 6) is 0.562. The Hall–Kier alpha value is -1.60. The highest BCUT2D eigenvalue weighted by molar-refractivity contribution is 7.88. The van der Waals surface area contributed by atoms with Crippen LogP contribution in [0.25, 0.3) is 0 Å². The minimum Gasteiger partial charge on any atom is -0.370 e. The molecule has 1 aromatic carbocycles. The van der Waals surface area contributed by atoms with E-state index in [1.54, 1.807) is 0 Å². The number of anilines is 1. The number of rotatable bonds is 6. The second-order valence-electron chi connectivity index (χ2n) is 6.09. The molecular formula is C16H26N4O2S. The summed E-state index contributed by atoms with van der Waals surface area (Å²) in [7, 11) is -3.18. The van der Waals surface area contributed by atoms with E-state index < -0.39 is 10.0 Å². The van der Waals surface area contributed by atoms with Crippen LogP contribution in [0, 0.1) is 5.92 Å². The number of sulfonamides is 1. The molecular weight excluding hydrogens is 312 g/mol. The molecule has 0 radical (unpaired) electrons. The van der Waals surface area contributed by atoms with E-state index in [1.165, 1.54) is 11.8 Å². The monoisotopic (exact) mass is 338 g/mol. The minimum atomic E-state index is -3.18. The molecule has 0 heterocycles. The molecule has 0 saturated heterocycles. The van der Waals surface area contributed by atoms with Crippen LogP contribution in [-0.2, 0) is 16.4 Å². The largest absolute Gasteiger partial charge is 0.370 e. The van der Waals surface area contributed by atoms with Crippen LogP contribution >= 0.6 is 0 Å². The topological polar surface area (TPSA) is 96.6 Å². The number of guanidine groups is 1. The van der Waals surface area contributed by atoms with Gasteiger partial charge in [-0.15, -0.1) is 0 Å². The molecule has 0 aromatic heterocycles. The Morgan fingerprint density at radius 2 is 2.00 bits per heavy atom. The van der Waals surface area contributed by atoms with Crippen LogP contribution in [0.4, 0.5) is 5.69 Å². The fourth-order valence-electron chi connectivity index (χ4n) is 2.91. The lowest BCUT2D eigenvalue weighted by Gasteiger charge is -2.18. The molecule has 0 amide bonds. The van der Waals surface area contributed by atoms with E-state index in [0.717, 1.165) is 31.4 Å². The highest BCUT2D eigenvalue weighted by atomic mass is 32.2. The van der Waals surface area contributed by atoms with Crippen LogP contribution < -0.4 is 15.8 Å². The Balaban J connectivity index is 1.90. The first-order valence-corrected chi connectivity index (χ1v) is 9.89. The predicted octanol–water partition coefficient (Wildman–Crippen LogP) is 1.69. The predicted molar refractivity (Wildman–Crippen MR) is 95.0 cm³/mol. The number of aliphatic imine (C=N–C) groups is 1. The number of aryl methyl sites for hydroxylation is 1. The van der Waals surface area contributed by atoms with Crippen molar-refractivity contribution in [2.24, 2.45) is 16.6 Å². The van der Waals surface area contributed by atoms with E-state index >= 15 is 0 Å². The summed E-state index contributed by atoms with van der Waals surface area (Å²) in [6.07, 6.45) is 5.04. The lowest BCUT2D eigenvalue weighted by molar-refractivity contribution is 0.455. The molecule has 1 aliphatic rings. The molecule has 128 valence electrons. The molecule has 0 bridgehead atoms. The first-order chi connectivity index (χ1) is 10.9. The maximum absolute atomic E-state index is 11.4. The van der Waals surface area contributed by atoms with Crippen molar-refractivity contribution in [3.05, 3.63) is 29.8 Å². The molecule has 23 heavy (non-hydrogen) atoms. The van der Waals surface area contributed by atoms with Gasteiger partial charge in [0, 0.05) is 18.3 Å². The van der Waals surface area contributed by atoms with E-state index in [9.17, 15) is 8.42 Å². The summed E-state index contributed by atoms with van der Waals surface area (Å²) < 4.78 is 25.5. The molecule has 1 saturated carbocycles. The van der Waals surface area contributed by atoms with Crippen molar-refractivity contribution in [1.29, 1.82) is 0 Å². The number of nitrogens with one attached hydrogen (secondary N) is 2. The second-order valence-corrected chi connectivity index (χ2v) is 7.87. The summed E-state index contributed by atoms with van der Waals surface area (Å²) >= 11 is 0. The van der Waals surface area contributed by atoms with Gasteiger partial charge in [0.2, 0.25) is 10.0 Å². The highest BCUT2D eigenvalue weighted by Gasteiger charge is 2.29. The van der Waals surface area contributed by atoms with Gasteiger partial charge in [0.05, 0.1) is 6.26 Å². The molecule has 0 spiro atoms. The molecule has 2 unspecified atom stereocenters. The summed E-state index contributed by atoms with van der Waals surface area (Å²) in [6.45, 7) is 2.64. The van der Waals surface area contributed by atoms with Gasteiger partial charge < -0.3 is 11.1 Å². The number of nitrogens with two attached hydrogens (primary N) is 1. The first-order valence-electron chi connectivity index (χ1n) is 8.00. The maximum atomic E-state index is 11.4. The fourth-order valence-corrected chi connectivity index (χ4v) is 3.77. The van der Waals surface area contributed by atoms with Gasteiger partial charge in [-0.2, -0.15) is 0 Å². The summed E-state index contributed by atoms with van der Waals surface area (Å²) in [5, 5.41) is 3.07. The standard InChI is InChI=1S/C16H26N4O2S/c1-3-12-7-9-14(10-8-12)19-16(17)18-11-13-5-4-6-15(13)20-23(2,21)22/h7-10,13,15,20H,3-6,11H2,1-2H3,(H3,17,18,19). The van der Waals surface area contributed by atoms with Crippen LogP contribution in [0.15, 0.2) is 29.3 Å². The zero-order valence-electron chi connectivity index (χ0n) is 13.7. The van der Waals surface area contributed by atoms with Gasteiger partial charge >= 0.3 is 0 Å². The number of benzene rings is 1. The van der Waals surface area contributed by atoms with E-state index in [0.29, 0.717) is 12.5 Å². The lowest BCUT2D eigenvalue weighted by atomic mass is 10.1. The average molecular weight is 338 g/mol. The van der Waals surface area contributed by atoms with Crippen molar-refractivity contribution in [3.63, 3.8) is 0 Å². The molecule has 0 aliphatic heterocycles. The van der Waals surface area contributed by atoms with Crippen molar-refractivity contribution < 1.29 is 8.42 Å². The molecule has 4 N–H and O–H groups in total.